The fourth-order valence-corrected chi connectivity index (χ4v) is 5.80. The maximum absolute atomic E-state index is 14.0. The van der Waals surface area contributed by atoms with E-state index in [1.807, 2.05) is 20.8 Å². The highest BCUT2D eigenvalue weighted by molar-refractivity contribution is 6.03. The molecule has 1 saturated heterocycles. The highest BCUT2D eigenvalue weighted by Gasteiger charge is 2.51. The highest BCUT2D eigenvalue weighted by atomic mass is 19.4. The largest absolute Gasteiger partial charge is 0.444 e. The van der Waals surface area contributed by atoms with E-state index < -0.39 is 29.1 Å². The van der Waals surface area contributed by atoms with Crippen molar-refractivity contribution >= 4 is 17.8 Å². The Bertz CT molecular complexity index is 1500. The first-order chi connectivity index (χ1) is 19.1. The number of carbonyl (C=O) groups is 2. The maximum Gasteiger partial charge on any atom is 0.419 e. The average molecular weight is 578 g/mol. The van der Waals surface area contributed by atoms with E-state index in [4.69, 9.17) is 16.2 Å². The van der Waals surface area contributed by atoms with E-state index in [1.54, 1.807) is 9.58 Å². The predicted octanol–water partition coefficient (Wildman–Crippen LogP) is 4.60. The first kappa shape index (κ1) is 28.4. The minimum Gasteiger partial charge on any atom is -0.444 e. The number of alkyl halides is 3. The number of nitrogens with zero attached hydrogens (tertiary/aromatic N) is 5. The zero-order valence-electron chi connectivity index (χ0n) is 22.8. The zero-order chi connectivity index (χ0) is 29.9. The van der Waals surface area contributed by atoms with Crippen LogP contribution in [0, 0.1) is 11.2 Å². The van der Waals surface area contributed by atoms with Gasteiger partial charge in [0.05, 0.1) is 24.3 Å². The quantitative estimate of drug-likeness (QED) is 0.426. The van der Waals surface area contributed by atoms with Crippen LogP contribution in [0.5, 0.6) is 0 Å². The van der Waals surface area contributed by atoms with E-state index in [2.05, 4.69) is 10.2 Å². The molecule has 4 N–H and O–H groups in total. The summed E-state index contributed by atoms with van der Waals surface area (Å²) in [6, 6.07) is 2.98. The summed E-state index contributed by atoms with van der Waals surface area (Å²) in [5.74, 6) is -2.11. The number of likely N-dealkylation sites (tertiary alicyclic amines) is 1. The van der Waals surface area contributed by atoms with Gasteiger partial charge in [-0.25, -0.2) is 13.9 Å². The third-order valence-electron chi connectivity index (χ3n) is 7.59. The van der Waals surface area contributed by atoms with E-state index in [9.17, 15) is 27.2 Å². The lowest BCUT2D eigenvalue weighted by molar-refractivity contribution is -0.140. The molecule has 2 aliphatic rings. The van der Waals surface area contributed by atoms with Crippen LogP contribution < -0.4 is 11.5 Å². The molecule has 220 valence electrons. The number of hydrogen-bond donors (Lipinski definition) is 2. The van der Waals surface area contributed by atoms with Gasteiger partial charge in [0.2, 0.25) is 0 Å². The van der Waals surface area contributed by atoms with Gasteiger partial charge in [0, 0.05) is 24.8 Å². The molecule has 1 aliphatic heterocycles. The standard InChI is InChI=1S/C27H31F4N7O3/c1-25(2,3)41-24(40)36-8-7-26(14-36)9-17(10-26)38-22(32)19(23(33)39)21(35-38)16-11-34-37(13-16)12-15-5-4-6-18(28)20(15)27(29,30)31/h4-6,11,13,17H,7-10,12,14,32H2,1-3H3,(H2,33,39)/t17-,26-. The molecule has 41 heavy (non-hydrogen) atoms. The van der Waals surface area contributed by atoms with Gasteiger partial charge >= 0.3 is 12.3 Å². The molecular formula is C27H31F4N7O3. The summed E-state index contributed by atoms with van der Waals surface area (Å²) in [5, 5.41) is 8.67. The molecule has 0 radical (unpaired) electrons. The van der Waals surface area contributed by atoms with Gasteiger partial charge < -0.3 is 21.1 Å². The number of nitrogens with two attached hydrogens (primary N) is 2. The van der Waals surface area contributed by atoms with Crippen LogP contribution in [0.1, 0.15) is 67.6 Å². The van der Waals surface area contributed by atoms with Crippen molar-refractivity contribution in [2.45, 2.75) is 64.4 Å². The van der Waals surface area contributed by atoms with E-state index in [0.29, 0.717) is 31.5 Å². The Kier molecular flexibility index (Phi) is 6.77. The second kappa shape index (κ2) is 9.77. The Morgan fingerprint density at radius 1 is 1.20 bits per heavy atom. The molecular weight excluding hydrogens is 546 g/mol. The van der Waals surface area contributed by atoms with Gasteiger partial charge in [0.1, 0.15) is 28.5 Å². The summed E-state index contributed by atoms with van der Waals surface area (Å²) in [6.45, 7) is 6.20. The Morgan fingerprint density at radius 3 is 2.54 bits per heavy atom. The number of aromatic nitrogens is 4. The molecule has 3 heterocycles. The fraction of sp³-hybridized carbons (Fsp3) is 0.481. The van der Waals surface area contributed by atoms with Crippen molar-refractivity contribution in [3.63, 3.8) is 0 Å². The van der Waals surface area contributed by atoms with Crippen molar-refractivity contribution < 1.29 is 31.9 Å². The number of halogens is 4. The Hall–Kier alpha value is -4.10. The molecule has 1 aliphatic carbocycles. The molecule has 0 unspecified atom stereocenters. The maximum atomic E-state index is 14.0. The van der Waals surface area contributed by atoms with Gasteiger partial charge in [0.25, 0.3) is 5.91 Å². The third kappa shape index (κ3) is 5.46. The number of nitrogen functional groups attached to an aromatic ring is 1. The molecule has 5 rings (SSSR count). The van der Waals surface area contributed by atoms with Crippen molar-refractivity contribution in [3.05, 3.63) is 53.1 Å². The topological polar surface area (TPSA) is 134 Å². The minimum absolute atomic E-state index is 0.0194. The number of primary amides is 1. The zero-order valence-corrected chi connectivity index (χ0v) is 22.8. The summed E-state index contributed by atoms with van der Waals surface area (Å²) >= 11 is 0. The molecule has 14 heteroatoms. The molecule has 0 atom stereocenters. The SMILES string of the molecule is CC(C)(C)OC(=O)N1CC[C@]2(C1)C[C@H](n1nc(-c3cnn(Cc4cccc(F)c4C(F)(F)F)c3)c(C(N)=O)c1N)C2. The van der Waals surface area contributed by atoms with Crippen molar-refractivity contribution in [1.29, 1.82) is 0 Å². The monoisotopic (exact) mass is 577 g/mol. The van der Waals surface area contributed by atoms with Crippen LogP contribution in [0.4, 0.5) is 28.2 Å². The van der Waals surface area contributed by atoms with Crippen LogP contribution >= 0.6 is 0 Å². The molecule has 1 saturated carbocycles. The van der Waals surface area contributed by atoms with Crippen molar-refractivity contribution in [1.82, 2.24) is 24.5 Å². The van der Waals surface area contributed by atoms with Gasteiger partial charge in [0.15, 0.2) is 0 Å². The third-order valence-corrected chi connectivity index (χ3v) is 7.59. The lowest BCUT2D eigenvalue weighted by atomic mass is 9.65. The molecule has 1 aromatic carbocycles. The molecule has 0 bridgehead atoms. The van der Waals surface area contributed by atoms with Crippen molar-refractivity contribution in [2.75, 3.05) is 18.8 Å². The molecule has 1 spiro atoms. The van der Waals surface area contributed by atoms with Crippen LogP contribution in [0.2, 0.25) is 0 Å². The summed E-state index contributed by atoms with van der Waals surface area (Å²) in [4.78, 5) is 26.6. The van der Waals surface area contributed by atoms with Gasteiger partial charge in [-0.05, 0) is 57.1 Å². The number of carbonyl (C=O) groups excluding carboxylic acids is 2. The van der Waals surface area contributed by atoms with Crippen LogP contribution in [0.15, 0.2) is 30.6 Å². The molecule has 3 aromatic rings. The van der Waals surface area contributed by atoms with Crippen LogP contribution in [0.25, 0.3) is 11.3 Å². The lowest BCUT2D eigenvalue weighted by Gasteiger charge is -2.45. The van der Waals surface area contributed by atoms with E-state index in [-0.39, 0.29) is 46.7 Å². The van der Waals surface area contributed by atoms with Gasteiger partial charge in [-0.1, -0.05) is 12.1 Å². The fourth-order valence-electron chi connectivity index (χ4n) is 5.80. The van der Waals surface area contributed by atoms with E-state index >= 15 is 0 Å². The first-order valence-electron chi connectivity index (χ1n) is 13.1. The normalized spacial score (nSPS) is 20.9. The summed E-state index contributed by atoms with van der Waals surface area (Å²) < 4.78 is 62.6. The summed E-state index contributed by atoms with van der Waals surface area (Å²) in [7, 11) is 0. The van der Waals surface area contributed by atoms with Crippen LogP contribution in [-0.2, 0) is 17.5 Å². The van der Waals surface area contributed by atoms with E-state index in [0.717, 1.165) is 12.5 Å². The number of rotatable bonds is 5. The Balaban J connectivity index is 1.35. The first-order valence-corrected chi connectivity index (χ1v) is 13.1. The summed E-state index contributed by atoms with van der Waals surface area (Å²) in [6.07, 6.45) is -0.347. The van der Waals surface area contributed by atoms with Gasteiger partial charge in [-0.2, -0.15) is 23.4 Å². The number of hydrogen-bond acceptors (Lipinski definition) is 6. The second-order valence-electron chi connectivity index (χ2n) is 11.8. The van der Waals surface area contributed by atoms with Crippen molar-refractivity contribution in [3.8, 4) is 11.3 Å². The minimum atomic E-state index is -4.88. The number of ether oxygens (including phenoxy) is 1. The summed E-state index contributed by atoms with van der Waals surface area (Å²) in [5.41, 5.74) is 10.0. The Labute approximate surface area is 233 Å². The number of anilines is 1. The Morgan fingerprint density at radius 2 is 1.90 bits per heavy atom. The smallest absolute Gasteiger partial charge is 0.419 e. The lowest BCUT2D eigenvalue weighted by Crippen LogP contribution is -2.43. The van der Waals surface area contributed by atoms with Crippen LogP contribution in [-0.4, -0.2) is 55.2 Å². The number of amides is 2. The van der Waals surface area contributed by atoms with Crippen LogP contribution in [0.3, 0.4) is 0 Å². The van der Waals surface area contributed by atoms with E-state index in [1.165, 1.54) is 29.2 Å². The molecule has 2 fully saturated rings. The second-order valence-corrected chi connectivity index (χ2v) is 11.8. The molecule has 10 nitrogen and oxygen atoms in total. The molecule has 2 aromatic heterocycles. The number of benzene rings is 1. The van der Waals surface area contributed by atoms with Crippen molar-refractivity contribution in [2.24, 2.45) is 11.1 Å². The predicted molar refractivity (Wildman–Crippen MR) is 140 cm³/mol. The molecule has 2 amide bonds. The average Bonchev–Trinajstić information content (AvgIpc) is 3.53. The van der Waals surface area contributed by atoms with Gasteiger partial charge in [-0.3, -0.25) is 9.48 Å². The highest BCUT2D eigenvalue weighted by Crippen LogP contribution is 2.55. The van der Waals surface area contributed by atoms with Gasteiger partial charge in [-0.15, -0.1) is 0 Å².